The van der Waals surface area contributed by atoms with Crippen molar-refractivity contribution < 1.29 is 14.2 Å². The molecular formula is C27H34FN5O2. The Morgan fingerprint density at radius 3 is 2.66 bits per heavy atom. The first-order chi connectivity index (χ1) is 16.8. The molecule has 7 nitrogen and oxygen atoms in total. The summed E-state index contributed by atoms with van der Waals surface area (Å²) in [4.78, 5) is 2.21. The molecule has 2 atom stereocenters. The molecule has 0 aliphatic heterocycles. The smallest absolute Gasteiger partial charge is 0.233 e. The van der Waals surface area contributed by atoms with Gasteiger partial charge < -0.3 is 14.7 Å². The molecule has 0 bridgehead atoms. The lowest BCUT2D eigenvalue weighted by molar-refractivity contribution is 0.238. The maximum Gasteiger partial charge on any atom is 0.233 e. The highest BCUT2D eigenvalue weighted by molar-refractivity contribution is 5.75. The average molecular weight is 480 g/mol. The first kappa shape index (κ1) is 24.8. The zero-order valence-electron chi connectivity index (χ0n) is 21.0. The van der Waals surface area contributed by atoms with Gasteiger partial charge in [-0.25, -0.2) is 4.39 Å². The predicted octanol–water partition coefficient (Wildman–Crippen LogP) is 6.03. The van der Waals surface area contributed by atoms with E-state index >= 15 is 4.39 Å². The van der Waals surface area contributed by atoms with Gasteiger partial charge in [-0.3, -0.25) is 0 Å². The molecule has 4 rings (SSSR count). The van der Waals surface area contributed by atoms with Gasteiger partial charge in [0.2, 0.25) is 5.88 Å². The Balaban J connectivity index is 1.56. The second kappa shape index (κ2) is 10.5. The molecule has 35 heavy (non-hydrogen) atoms. The van der Waals surface area contributed by atoms with Gasteiger partial charge in [0.05, 0.1) is 24.6 Å². The number of anilines is 1. The van der Waals surface area contributed by atoms with Crippen molar-refractivity contribution in [3.8, 4) is 34.0 Å². The molecule has 2 heterocycles. The minimum atomic E-state index is -0.592. The number of benzene rings is 1. The van der Waals surface area contributed by atoms with Crippen molar-refractivity contribution in [1.82, 2.24) is 20.4 Å². The summed E-state index contributed by atoms with van der Waals surface area (Å²) in [6.45, 7) is 4.66. The molecule has 1 aliphatic rings. The Morgan fingerprint density at radius 1 is 1.14 bits per heavy atom. The Bertz CT molecular complexity index is 1130. The van der Waals surface area contributed by atoms with Gasteiger partial charge in [0.1, 0.15) is 11.6 Å². The summed E-state index contributed by atoms with van der Waals surface area (Å²) < 4.78 is 20.2. The number of methoxy groups -OCH3 is 1. The monoisotopic (exact) mass is 479 g/mol. The third-order valence-corrected chi connectivity index (χ3v) is 7.21. The maximum absolute atomic E-state index is 15.1. The van der Waals surface area contributed by atoms with Crippen molar-refractivity contribution in [3.05, 3.63) is 42.3 Å². The lowest BCUT2D eigenvalue weighted by Crippen LogP contribution is -2.36. The van der Waals surface area contributed by atoms with E-state index in [2.05, 4.69) is 46.2 Å². The fourth-order valence-electron chi connectivity index (χ4n) is 5.32. The van der Waals surface area contributed by atoms with Gasteiger partial charge in [0.25, 0.3) is 0 Å². The highest BCUT2D eigenvalue weighted by Gasteiger charge is 2.32. The number of aromatic nitrogens is 4. The van der Waals surface area contributed by atoms with E-state index in [1.165, 1.54) is 57.5 Å². The zero-order chi connectivity index (χ0) is 25.0. The third-order valence-electron chi connectivity index (χ3n) is 7.21. The first-order valence-electron chi connectivity index (χ1n) is 12.3. The normalized spacial score (nSPS) is 20.3. The molecule has 8 heteroatoms. The van der Waals surface area contributed by atoms with Crippen LogP contribution in [0.5, 0.6) is 11.6 Å². The maximum atomic E-state index is 15.1. The van der Waals surface area contributed by atoms with Crippen LogP contribution in [0.25, 0.3) is 22.4 Å². The number of hydrogen-bond donors (Lipinski definition) is 1. The van der Waals surface area contributed by atoms with Gasteiger partial charge in [-0.1, -0.05) is 33.1 Å². The summed E-state index contributed by atoms with van der Waals surface area (Å²) in [6.07, 6.45) is 9.93. The number of ether oxygens (including phenoxy) is 1. The number of rotatable bonds is 7. The third kappa shape index (κ3) is 5.52. The van der Waals surface area contributed by atoms with Gasteiger partial charge in [-0.2, -0.15) is 5.10 Å². The minimum absolute atomic E-state index is 0.0226. The van der Waals surface area contributed by atoms with Gasteiger partial charge in [0, 0.05) is 24.7 Å². The molecule has 1 N–H and O–H groups in total. The van der Waals surface area contributed by atoms with Crippen molar-refractivity contribution in [1.29, 1.82) is 0 Å². The van der Waals surface area contributed by atoms with E-state index in [0.29, 0.717) is 28.5 Å². The summed E-state index contributed by atoms with van der Waals surface area (Å²) in [5.74, 6) is 0.252. The molecule has 0 radical (unpaired) electrons. The molecule has 1 aromatic carbocycles. The van der Waals surface area contributed by atoms with E-state index in [9.17, 15) is 5.11 Å². The predicted molar refractivity (Wildman–Crippen MR) is 135 cm³/mol. The Labute approximate surface area is 206 Å². The fraction of sp³-hybridized carbons (Fsp3) is 0.481. The average Bonchev–Trinajstić information content (AvgIpc) is 3.05. The van der Waals surface area contributed by atoms with Crippen LogP contribution < -0.4 is 9.64 Å². The molecule has 0 amide bonds. The van der Waals surface area contributed by atoms with E-state index in [1.54, 1.807) is 12.1 Å². The van der Waals surface area contributed by atoms with Crippen LogP contribution in [0, 0.1) is 11.2 Å². The van der Waals surface area contributed by atoms with E-state index in [0.717, 1.165) is 18.7 Å². The van der Waals surface area contributed by atoms with Crippen LogP contribution in [0.2, 0.25) is 0 Å². The standard InChI is InChI=1S/C27H34FN5O2/c1-5-11-27(2)12-7-6-8-20(16-27)33(3)24-10-9-22(30-31-24)26-21(28)13-18(14-23(26)34)19-15-25(35-4)32-29-17-19/h9-10,13-15,17,20,34H,5-8,11-12,16H2,1-4H3/t20-,27+/m0/s1. The number of aromatic hydroxyl groups is 1. The molecule has 1 aliphatic carbocycles. The lowest BCUT2D eigenvalue weighted by Gasteiger charge is -2.35. The molecule has 1 saturated carbocycles. The zero-order valence-corrected chi connectivity index (χ0v) is 21.0. The van der Waals surface area contributed by atoms with Crippen LogP contribution in [0.4, 0.5) is 10.2 Å². The number of phenols is 1. The molecule has 2 aromatic heterocycles. The fourth-order valence-corrected chi connectivity index (χ4v) is 5.32. The Morgan fingerprint density at radius 2 is 1.97 bits per heavy atom. The number of halogens is 1. The van der Waals surface area contributed by atoms with Crippen LogP contribution in [0.1, 0.15) is 58.8 Å². The van der Waals surface area contributed by atoms with Gasteiger partial charge in [-0.15, -0.1) is 15.3 Å². The highest BCUT2D eigenvalue weighted by atomic mass is 19.1. The molecule has 0 spiro atoms. The van der Waals surface area contributed by atoms with Crippen LogP contribution in [0.15, 0.2) is 36.5 Å². The van der Waals surface area contributed by atoms with E-state index < -0.39 is 5.82 Å². The summed E-state index contributed by atoms with van der Waals surface area (Å²) in [7, 11) is 3.55. The number of nitrogens with zero attached hydrogens (tertiary/aromatic N) is 5. The number of hydrogen-bond acceptors (Lipinski definition) is 7. The van der Waals surface area contributed by atoms with Crippen molar-refractivity contribution in [2.45, 2.75) is 64.8 Å². The highest BCUT2D eigenvalue weighted by Crippen LogP contribution is 2.41. The molecule has 1 fully saturated rings. The van der Waals surface area contributed by atoms with Gasteiger partial charge in [-0.05, 0) is 60.9 Å². The minimum Gasteiger partial charge on any atom is -0.507 e. The number of phenolic OH excluding ortho intramolecular Hbond substituents is 1. The van der Waals surface area contributed by atoms with Crippen LogP contribution in [-0.2, 0) is 0 Å². The summed E-state index contributed by atoms with van der Waals surface area (Å²) in [5.41, 5.74) is 1.70. The van der Waals surface area contributed by atoms with E-state index in [4.69, 9.17) is 4.74 Å². The second-order valence-corrected chi connectivity index (χ2v) is 9.89. The van der Waals surface area contributed by atoms with Crippen LogP contribution in [-0.4, -0.2) is 45.7 Å². The topological polar surface area (TPSA) is 84.3 Å². The van der Waals surface area contributed by atoms with Gasteiger partial charge in [0.15, 0.2) is 5.82 Å². The molecule has 3 aromatic rings. The van der Waals surface area contributed by atoms with Crippen LogP contribution >= 0.6 is 0 Å². The second-order valence-electron chi connectivity index (χ2n) is 9.89. The van der Waals surface area contributed by atoms with E-state index in [1.807, 2.05) is 6.07 Å². The molecule has 186 valence electrons. The van der Waals surface area contributed by atoms with E-state index in [-0.39, 0.29) is 17.0 Å². The quantitative estimate of drug-likeness (QED) is 0.414. The Kier molecular flexibility index (Phi) is 7.48. The molecule has 0 unspecified atom stereocenters. The Hall–Kier alpha value is -3.29. The lowest BCUT2D eigenvalue weighted by atomic mass is 9.77. The summed E-state index contributed by atoms with van der Waals surface area (Å²) in [5, 5.41) is 27.0. The first-order valence-corrected chi connectivity index (χ1v) is 12.3. The summed E-state index contributed by atoms with van der Waals surface area (Å²) in [6, 6.07) is 8.42. The largest absolute Gasteiger partial charge is 0.507 e. The molecule has 0 saturated heterocycles. The van der Waals surface area contributed by atoms with Crippen molar-refractivity contribution in [3.63, 3.8) is 0 Å². The van der Waals surface area contributed by atoms with Crippen molar-refractivity contribution in [2.24, 2.45) is 5.41 Å². The van der Waals surface area contributed by atoms with Crippen LogP contribution in [0.3, 0.4) is 0 Å². The molecular weight excluding hydrogens is 445 g/mol. The summed E-state index contributed by atoms with van der Waals surface area (Å²) >= 11 is 0. The van der Waals surface area contributed by atoms with Crippen molar-refractivity contribution >= 4 is 5.82 Å². The van der Waals surface area contributed by atoms with Gasteiger partial charge >= 0.3 is 0 Å². The SMILES string of the molecule is CCC[C@]1(C)CCCC[C@H](N(C)c2ccc(-c3c(O)cc(-c4cnnc(OC)c4)cc3F)nn2)C1. The van der Waals surface area contributed by atoms with Crippen molar-refractivity contribution in [2.75, 3.05) is 19.1 Å².